The van der Waals surface area contributed by atoms with E-state index in [1.165, 1.54) is 24.3 Å². The molecule has 1 atom stereocenters. The van der Waals surface area contributed by atoms with Gasteiger partial charge in [0.25, 0.3) is 5.91 Å². The van der Waals surface area contributed by atoms with Crippen LogP contribution in [0.2, 0.25) is 5.02 Å². The Morgan fingerprint density at radius 3 is 2.27 bits per heavy atom. The summed E-state index contributed by atoms with van der Waals surface area (Å²) in [6.07, 6.45) is -2.87. The van der Waals surface area contributed by atoms with Crippen LogP contribution in [-0.4, -0.2) is 70.6 Å². The Hall–Kier alpha value is -5.19. The zero-order valence-electron chi connectivity index (χ0n) is 25.5. The predicted octanol–water partition coefficient (Wildman–Crippen LogP) is 3.35. The minimum absolute atomic E-state index is 0.0210. The molecule has 256 valence electrons. The second kappa shape index (κ2) is 15.6. The number of esters is 1. The number of rotatable bonds is 15. The number of nitrogens with two attached hydrogens (primary N) is 1. The number of aromatic nitrogens is 3. The maximum absolute atomic E-state index is 13.0. The summed E-state index contributed by atoms with van der Waals surface area (Å²) in [5, 5.41) is 11.5. The third kappa shape index (κ3) is 10.4. The van der Waals surface area contributed by atoms with Gasteiger partial charge in [0.1, 0.15) is 6.04 Å². The summed E-state index contributed by atoms with van der Waals surface area (Å²) >= 11 is 6.01. The van der Waals surface area contributed by atoms with Crippen molar-refractivity contribution in [2.24, 2.45) is 5.73 Å². The molecule has 1 aliphatic rings. The number of alkyl halides is 3. The van der Waals surface area contributed by atoms with Gasteiger partial charge in [0.05, 0.1) is 12.1 Å². The molecule has 0 radical (unpaired) electrons. The Labute approximate surface area is 277 Å². The lowest BCUT2D eigenvalue weighted by Gasteiger charge is -2.19. The molecule has 1 aromatic heterocycles. The molecule has 2 aromatic carbocycles. The number of amides is 3. The molecule has 0 aliphatic heterocycles. The lowest BCUT2D eigenvalue weighted by atomic mass is 10.1. The largest absolute Gasteiger partial charge is 0.464 e. The summed E-state index contributed by atoms with van der Waals surface area (Å²) in [6.45, 7) is 0.101. The standard InChI is InChI=1S/C30H32ClF3N8O6/c1-2-47-25(46)21(4-3-15-36-24(45)22(35)43)38-23(44)17-5-11-20(12-6-17)37-26-39-27(41-28(40-26)48-16-30(32,33)34)42-29(13-14-29)18-7-9-19(31)10-8-18/h5-12,21H,2-4,13-16H2,1H3,(H2,35,43)(H,36,45)(H,38,44)(H2,37,39,40,41,42)/t21-/m0/s1. The van der Waals surface area contributed by atoms with Gasteiger partial charge in [-0.3, -0.25) is 14.4 Å². The number of primary amides is 1. The number of benzene rings is 2. The van der Waals surface area contributed by atoms with Gasteiger partial charge in [-0.15, -0.1) is 0 Å². The molecule has 1 heterocycles. The highest BCUT2D eigenvalue weighted by atomic mass is 35.5. The Bertz CT molecular complexity index is 1620. The molecule has 18 heteroatoms. The topological polar surface area (TPSA) is 200 Å². The molecule has 0 unspecified atom stereocenters. The molecular weight excluding hydrogens is 661 g/mol. The first kappa shape index (κ1) is 35.7. The van der Waals surface area contributed by atoms with Crippen molar-refractivity contribution in [3.05, 3.63) is 64.7 Å². The summed E-state index contributed by atoms with van der Waals surface area (Å²) in [7, 11) is 0. The Morgan fingerprint density at radius 1 is 1.00 bits per heavy atom. The van der Waals surface area contributed by atoms with E-state index in [4.69, 9.17) is 26.8 Å². The van der Waals surface area contributed by atoms with E-state index in [-0.39, 0.29) is 43.5 Å². The number of carbonyl (C=O) groups is 4. The highest BCUT2D eigenvalue weighted by Gasteiger charge is 2.45. The van der Waals surface area contributed by atoms with Gasteiger partial charge >= 0.3 is 30.0 Å². The van der Waals surface area contributed by atoms with Gasteiger partial charge in [0.15, 0.2) is 6.61 Å². The molecule has 3 aromatic rings. The molecule has 4 rings (SSSR count). The summed E-state index contributed by atoms with van der Waals surface area (Å²) in [4.78, 5) is 59.9. The van der Waals surface area contributed by atoms with Crippen LogP contribution in [0.4, 0.5) is 30.8 Å². The minimum Gasteiger partial charge on any atom is -0.464 e. The van der Waals surface area contributed by atoms with Crippen molar-refractivity contribution in [3.63, 3.8) is 0 Å². The summed E-state index contributed by atoms with van der Waals surface area (Å²) in [5.41, 5.74) is 5.79. The zero-order valence-corrected chi connectivity index (χ0v) is 26.3. The minimum atomic E-state index is -4.63. The third-order valence-electron chi connectivity index (χ3n) is 6.94. The SMILES string of the molecule is CCOC(=O)[C@H](CCCNC(=O)C(N)=O)NC(=O)c1ccc(Nc2nc(NC3(c4ccc(Cl)cc4)CC3)nc(OCC(F)(F)F)n2)cc1. The van der Waals surface area contributed by atoms with Crippen molar-refractivity contribution in [2.45, 2.75) is 50.4 Å². The van der Waals surface area contributed by atoms with Crippen LogP contribution in [0.5, 0.6) is 6.01 Å². The number of ether oxygens (including phenoxy) is 2. The fourth-order valence-electron chi connectivity index (χ4n) is 4.44. The monoisotopic (exact) mass is 692 g/mol. The van der Waals surface area contributed by atoms with Gasteiger partial charge in [-0.1, -0.05) is 23.7 Å². The summed E-state index contributed by atoms with van der Waals surface area (Å²) in [6, 6.07) is 11.4. The van der Waals surface area contributed by atoms with Crippen LogP contribution in [0.15, 0.2) is 48.5 Å². The van der Waals surface area contributed by atoms with E-state index in [2.05, 4.69) is 36.2 Å². The van der Waals surface area contributed by atoms with Gasteiger partial charge in [-0.25, -0.2) is 4.79 Å². The van der Waals surface area contributed by atoms with Gasteiger partial charge in [0, 0.05) is 22.8 Å². The van der Waals surface area contributed by atoms with E-state index in [0.29, 0.717) is 23.6 Å². The third-order valence-corrected chi connectivity index (χ3v) is 7.19. The number of hydrogen-bond acceptors (Lipinski definition) is 11. The van der Waals surface area contributed by atoms with Crippen LogP contribution in [0.1, 0.15) is 48.5 Å². The number of hydrogen-bond donors (Lipinski definition) is 5. The molecule has 1 aliphatic carbocycles. The van der Waals surface area contributed by atoms with Crippen molar-refractivity contribution in [2.75, 3.05) is 30.4 Å². The van der Waals surface area contributed by atoms with Crippen LogP contribution in [-0.2, 0) is 24.7 Å². The van der Waals surface area contributed by atoms with Gasteiger partial charge in [-0.05, 0) is 74.6 Å². The smallest absolute Gasteiger partial charge is 0.422 e. The maximum atomic E-state index is 13.0. The Balaban J connectivity index is 1.45. The second-order valence-corrected chi connectivity index (χ2v) is 11.1. The van der Waals surface area contributed by atoms with Crippen molar-refractivity contribution in [1.29, 1.82) is 0 Å². The van der Waals surface area contributed by atoms with E-state index in [9.17, 15) is 32.3 Å². The molecule has 0 saturated heterocycles. The summed E-state index contributed by atoms with van der Waals surface area (Å²) in [5.74, 6) is -3.55. The first-order valence-corrected chi connectivity index (χ1v) is 15.1. The number of anilines is 3. The van der Waals surface area contributed by atoms with Gasteiger partial charge < -0.3 is 36.5 Å². The van der Waals surface area contributed by atoms with Crippen LogP contribution in [0.25, 0.3) is 0 Å². The lowest BCUT2D eigenvalue weighted by molar-refractivity contribution is -0.154. The first-order valence-electron chi connectivity index (χ1n) is 14.7. The second-order valence-electron chi connectivity index (χ2n) is 10.6. The molecule has 0 spiro atoms. The predicted molar refractivity (Wildman–Crippen MR) is 166 cm³/mol. The van der Waals surface area contributed by atoms with E-state index in [1.807, 2.05) is 12.1 Å². The zero-order chi connectivity index (χ0) is 34.9. The average molecular weight is 693 g/mol. The van der Waals surface area contributed by atoms with Crippen LogP contribution >= 0.6 is 11.6 Å². The van der Waals surface area contributed by atoms with Gasteiger partial charge in [-0.2, -0.15) is 28.1 Å². The van der Waals surface area contributed by atoms with E-state index >= 15 is 0 Å². The lowest BCUT2D eigenvalue weighted by Crippen LogP contribution is -2.43. The molecule has 14 nitrogen and oxygen atoms in total. The van der Waals surface area contributed by atoms with Crippen molar-refractivity contribution >= 4 is 52.9 Å². The van der Waals surface area contributed by atoms with E-state index in [0.717, 1.165) is 5.56 Å². The van der Waals surface area contributed by atoms with Crippen LogP contribution < -0.4 is 31.7 Å². The number of carbonyl (C=O) groups excluding carboxylic acids is 4. The average Bonchev–Trinajstić information content (AvgIpc) is 3.81. The summed E-state index contributed by atoms with van der Waals surface area (Å²) < 4.78 is 48.5. The highest BCUT2D eigenvalue weighted by Crippen LogP contribution is 2.48. The number of nitrogens with zero attached hydrogens (tertiary/aromatic N) is 3. The molecule has 1 fully saturated rings. The molecule has 0 bridgehead atoms. The maximum Gasteiger partial charge on any atom is 0.422 e. The quantitative estimate of drug-likeness (QED) is 0.0889. The highest BCUT2D eigenvalue weighted by molar-refractivity contribution is 6.34. The number of nitrogens with one attached hydrogen (secondary N) is 4. The van der Waals surface area contributed by atoms with Crippen LogP contribution in [0.3, 0.4) is 0 Å². The molecule has 48 heavy (non-hydrogen) atoms. The molecular formula is C30H32ClF3N8O6. The molecule has 6 N–H and O–H groups in total. The van der Waals surface area contributed by atoms with Crippen molar-refractivity contribution in [3.8, 4) is 6.01 Å². The first-order chi connectivity index (χ1) is 22.8. The van der Waals surface area contributed by atoms with Crippen LogP contribution in [0, 0.1) is 0 Å². The fraction of sp³-hybridized carbons (Fsp3) is 0.367. The van der Waals surface area contributed by atoms with Crippen molar-refractivity contribution < 1.29 is 41.8 Å². The Morgan fingerprint density at radius 2 is 1.67 bits per heavy atom. The van der Waals surface area contributed by atoms with Gasteiger partial charge in [0.2, 0.25) is 11.9 Å². The number of halogens is 4. The molecule has 1 saturated carbocycles. The fourth-order valence-corrected chi connectivity index (χ4v) is 4.56. The van der Waals surface area contributed by atoms with Crippen molar-refractivity contribution in [1.82, 2.24) is 25.6 Å². The van der Waals surface area contributed by atoms with E-state index in [1.54, 1.807) is 19.1 Å². The normalized spacial score (nSPS) is 13.9. The molecule has 3 amide bonds. The van der Waals surface area contributed by atoms with E-state index < -0.39 is 54.1 Å². The Kier molecular flexibility index (Phi) is 11.6.